The van der Waals surface area contributed by atoms with Gasteiger partial charge in [0.2, 0.25) is 0 Å². The number of benzene rings is 1. The number of ether oxygens (including phenoxy) is 1. The van der Waals surface area contributed by atoms with Gasteiger partial charge in [-0.25, -0.2) is 14.9 Å². The normalized spacial score (nSPS) is 13.7. The molecule has 1 aliphatic rings. The molecule has 3 heterocycles. The van der Waals surface area contributed by atoms with E-state index in [1.807, 2.05) is 28.5 Å². The summed E-state index contributed by atoms with van der Waals surface area (Å²) < 4.78 is 22.4. The van der Waals surface area contributed by atoms with Crippen molar-refractivity contribution in [2.24, 2.45) is 5.92 Å². The van der Waals surface area contributed by atoms with Crippen molar-refractivity contribution in [1.82, 2.24) is 19.7 Å². The average molecular weight is 517 g/mol. The van der Waals surface area contributed by atoms with Gasteiger partial charge in [0.25, 0.3) is 0 Å². The third-order valence-corrected chi connectivity index (χ3v) is 6.56. The summed E-state index contributed by atoms with van der Waals surface area (Å²) in [7, 11) is 0. The maximum atomic E-state index is 14.4. The predicted octanol–water partition coefficient (Wildman–Crippen LogP) is 5.58. The second kappa shape index (κ2) is 10.6. The molecule has 3 aromatic heterocycles. The summed E-state index contributed by atoms with van der Waals surface area (Å²) in [6.07, 6.45) is 7.30. The smallest absolute Gasteiger partial charge is 0.192 e. The van der Waals surface area contributed by atoms with E-state index < -0.39 is 11.9 Å². The Hall–Kier alpha value is -3.94. The Balaban J connectivity index is 1.50. The molecule has 1 aromatic carbocycles. The molecule has 1 saturated carbocycles. The number of aromatic nitrogens is 4. The van der Waals surface area contributed by atoms with E-state index in [-0.39, 0.29) is 11.6 Å². The number of nitriles is 1. The van der Waals surface area contributed by atoms with Crippen molar-refractivity contribution in [2.45, 2.75) is 43.7 Å². The monoisotopic (exact) mass is 516 g/mol. The van der Waals surface area contributed by atoms with Gasteiger partial charge in [-0.05, 0) is 61.6 Å². The van der Waals surface area contributed by atoms with Crippen LogP contribution in [0, 0.1) is 23.1 Å². The van der Waals surface area contributed by atoms with Crippen LogP contribution in [0.4, 0.5) is 10.2 Å². The van der Waals surface area contributed by atoms with E-state index >= 15 is 0 Å². The van der Waals surface area contributed by atoms with Crippen molar-refractivity contribution in [3.05, 3.63) is 83.2 Å². The van der Waals surface area contributed by atoms with E-state index in [1.54, 1.807) is 25.3 Å². The lowest BCUT2D eigenvalue weighted by atomic mass is 9.94. The van der Waals surface area contributed by atoms with Gasteiger partial charge in [0.05, 0.1) is 5.69 Å². The molecule has 188 valence electrons. The number of nitrogens with one attached hydrogen (secondary N) is 1. The van der Waals surface area contributed by atoms with E-state index in [9.17, 15) is 14.9 Å². The maximum absolute atomic E-state index is 14.4. The van der Waals surface area contributed by atoms with Crippen molar-refractivity contribution < 1.29 is 14.3 Å². The number of thiol groups is 1. The largest absolute Gasteiger partial charge is 0.482 e. The van der Waals surface area contributed by atoms with Crippen molar-refractivity contribution in [3.63, 3.8) is 0 Å². The van der Waals surface area contributed by atoms with Crippen LogP contribution in [0.5, 0.6) is 5.75 Å². The van der Waals surface area contributed by atoms with Gasteiger partial charge in [0.1, 0.15) is 18.0 Å². The Morgan fingerprint density at radius 1 is 1.27 bits per heavy atom. The van der Waals surface area contributed by atoms with Crippen molar-refractivity contribution >= 4 is 18.4 Å². The number of pyridine rings is 2. The molecule has 0 saturated heterocycles. The first-order valence-corrected chi connectivity index (χ1v) is 12.4. The Morgan fingerprint density at radius 2 is 2.11 bits per heavy atom. The minimum atomic E-state index is -0.624. The number of hydrogen-bond donors (Lipinski definition) is 3. The molecule has 0 amide bonds. The van der Waals surface area contributed by atoms with E-state index in [1.165, 1.54) is 31.2 Å². The van der Waals surface area contributed by atoms with Crippen LogP contribution in [-0.2, 0) is 13.0 Å². The molecule has 2 N–H and O–H groups in total. The lowest BCUT2D eigenvalue weighted by Crippen LogP contribution is -2.09. The van der Waals surface area contributed by atoms with Crippen LogP contribution < -0.4 is 10.2 Å². The number of anilines is 1. The summed E-state index contributed by atoms with van der Waals surface area (Å²) in [5, 5.41) is 23.5. The molecular weight excluding hydrogens is 491 g/mol. The molecule has 0 radical (unpaired) electrons. The molecule has 1 aliphatic carbocycles. The summed E-state index contributed by atoms with van der Waals surface area (Å²) in [5.74, 6) is 0.604. The molecule has 37 heavy (non-hydrogen) atoms. The zero-order valence-corrected chi connectivity index (χ0v) is 21.0. The van der Waals surface area contributed by atoms with E-state index in [0.717, 1.165) is 17.7 Å². The van der Waals surface area contributed by atoms with Gasteiger partial charge in [0, 0.05) is 53.1 Å². The molecule has 0 spiro atoms. The van der Waals surface area contributed by atoms with Gasteiger partial charge in [-0.1, -0.05) is 6.07 Å². The third-order valence-electron chi connectivity index (χ3n) is 6.31. The summed E-state index contributed by atoms with van der Waals surface area (Å²) in [5.41, 5.74) is 6.03. The van der Waals surface area contributed by atoms with Gasteiger partial charge in [-0.2, -0.15) is 10.4 Å². The molecular formula is C27H25FN6O2S. The van der Waals surface area contributed by atoms with E-state index in [4.69, 9.17) is 4.74 Å². The highest BCUT2D eigenvalue weighted by Gasteiger charge is 2.24. The molecule has 10 heteroatoms. The van der Waals surface area contributed by atoms with Gasteiger partial charge < -0.3 is 4.74 Å². The lowest BCUT2D eigenvalue weighted by molar-refractivity contribution is 0.224. The topological polar surface area (TPSA) is 109 Å². The van der Waals surface area contributed by atoms with Crippen molar-refractivity contribution in [3.8, 4) is 23.1 Å². The first-order chi connectivity index (χ1) is 17.9. The molecule has 0 aliphatic heterocycles. The van der Waals surface area contributed by atoms with Gasteiger partial charge in [0.15, 0.2) is 17.3 Å². The minimum Gasteiger partial charge on any atom is -0.482 e. The van der Waals surface area contributed by atoms with Crippen molar-refractivity contribution in [1.29, 1.82) is 5.26 Å². The van der Waals surface area contributed by atoms with Crippen LogP contribution >= 0.6 is 12.6 Å². The zero-order chi connectivity index (χ0) is 25.9. The highest BCUT2D eigenvalue weighted by atomic mass is 32.1. The first-order valence-electron chi connectivity index (χ1n) is 11.9. The number of hydrogen-bond acceptors (Lipinski definition) is 8. The maximum Gasteiger partial charge on any atom is 0.192 e. The Morgan fingerprint density at radius 3 is 2.86 bits per heavy atom. The molecule has 5 rings (SSSR count). The zero-order valence-electron chi connectivity index (χ0n) is 20.1. The number of rotatable bonds is 9. The third kappa shape index (κ3) is 5.58. The van der Waals surface area contributed by atoms with Crippen LogP contribution in [-0.4, -0.2) is 25.0 Å². The van der Waals surface area contributed by atoms with E-state index in [2.05, 4.69) is 33.8 Å². The summed E-state index contributed by atoms with van der Waals surface area (Å²) in [6.45, 7) is 2.60. The fraction of sp³-hybridized carbons (Fsp3) is 0.259. The second-order valence-electron chi connectivity index (χ2n) is 9.11. The predicted molar refractivity (Wildman–Crippen MR) is 138 cm³/mol. The summed E-state index contributed by atoms with van der Waals surface area (Å²) >= 11 is 4.29. The second-order valence-corrected chi connectivity index (χ2v) is 9.63. The average Bonchev–Trinajstić information content (AvgIpc) is 3.63. The molecule has 4 aromatic rings. The number of halogens is 1. The first kappa shape index (κ1) is 24.7. The molecule has 0 unspecified atom stereocenters. The molecule has 8 nitrogen and oxygen atoms in total. The molecule has 1 fully saturated rings. The summed E-state index contributed by atoms with van der Waals surface area (Å²) in [4.78, 5) is 9.23. The fourth-order valence-corrected chi connectivity index (χ4v) is 4.50. The van der Waals surface area contributed by atoms with Crippen LogP contribution in [0.3, 0.4) is 0 Å². The standard InChI is InChI=1S/C27H25FN6O2S/c1-16(36-25-11-21(37)13-31-27(25)33-35)23-10-20(28)6-7-22(23)26-18(3-2-8-30-26)9-19-15-34(14-17-4-5-17)32-24(19)12-29/h2-3,6-8,10-11,13,15-17,35,37H,4-5,9,14H2,1H3,(H,31,33)/t16-/m1/s1. The lowest BCUT2D eigenvalue weighted by Gasteiger charge is -2.21. The van der Waals surface area contributed by atoms with Crippen LogP contribution in [0.15, 0.2) is 59.9 Å². The van der Waals surface area contributed by atoms with Crippen LogP contribution in [0.1, 0.15) is 48.3 Å². The number of nitrogens with zero attached hydrogens (tertiary/aromatic N) is 5. The summed E-state index contributed by atoms with van der Waals surface area (Å²) in [6, 6.07) is 12.1. The van der Waals surface area contributed by atoms with Gasteiger partial charge in [-0.15, -0.1) is 12.6 Å². The fourth-order valence-electron chi connectivity index (χ4n) is 4.32. The van der Waals surface area contributed by atoms with Crippen LogP contribution in [0.2, 0.25) is 0 Å². The van der Waals surface area contributed by atoms with Crippen LogP contribution in [0.25, 0.3) is 11.3 Å². The highest BCUT2D eigenvalue weighted by molar-refractivity contribution is 7.80. The highest BCUT2D eigenvalue weighted by Crippen LogP contribution is 2.36. The Kier molecular flexibility index (Phi) is 7.08. The Labute approximate surface area is 219 Å². The minimum absolute atomic E-state index is 0.119. The van der Waals surface area contributed by atoms with E-state index in [0.29, 0.717) is 39.7 Å². The molecule has 0 bridgehead atoms. The Bertz CT molecular complexity index is 1480. The van der Waals surface area contributed by atoms with Gasteiger partial charge in [-0.3, -0.25) is 14.9 Å². The van der Waals surface area contributed by atoms with Gasteiger partial charge >= 0.3 is 0 Å². The van der Waals surface area contributed by atoms with Crippen molar-refractivity contribution in [2.75, 3.05) is 5.48 Å². The molecule has 1 atom stereocenters. The SMILES string of the molecule is C[C@@H](Oc1cc(S)cnc1NO)c1cc(F)ccc1-c1ncccc1Cc1cn(CC2CC2)nc1C#N. The quantitative estimate of drug-likeness (QED) is 0.197.